The number of nitrogens with zero attached hydrogens (tertiary/aromatic N) is 6. The molecule has 2 fully saturated rings. The summed E-state index contributed by atoms with van der Waals surface area (Å²) >= 11 is 0. The number of anilines is 1. The van der Waals surface area contributed by atoms with E-state index in [0.717, 1.165) is 25.9 Å². The van der Waals surface area contributed by atoms with Gasteiger partial charge in [0.2, 0.25) is 5.91 Å². The number of aromatic nitrogens is 5. The number of nitrogens with one attached hydrogen (secondary N) is 1. The van der Waals surface area contributed by atoms with Crippen molar-refractivity contribution >= 4 is 22.8 Å². The van der Waals surface area contributed by atoms with Crippen molar-refractivity contribution in [2.24, 2.45) is 7.05 Å². The Balaban J connectivity index is 1.41. The molecule has 5 rings (SSSR count). The average molecular weight is 442 g/mol. The Morgan fingerprint density at radius 1 is 1.28 bits per heavy atom. The summed E-state index contributed by atoms with van der Waals surface area (Å²) in [6, 6.07) is 1.93. The second kappa shape index (κ2) is 8.14. The normalized spacial score (nSPS) is 24.9. The molecule has 0 aromatic carbocycles. The second-order valence-electron chi connectivity index (χ2n) is 8.64. The fourth-order valence-corrected chi connectivity index (χ4v) is 4.54. The van der Waals surface area contributed by atoms with E-state index in [4.69, 9.17) is 10.5 Å². The van der Waals surface area contributed by atoms with Crippen LogP contribution in [-0.4, -0.2) is 73.6 Å². The number of aryl methyl sites for hydroxylation is 1. The molecule has 2 aliphatic heterocycles. The Morgan fingerprint density at radius 2 is 2.06 bits per heavy atom. The van der Waals surface area contributed by atoms with E-state index in [0.29, 0.717) is 22.3 Å². The predicted octanol–water partition coefficient (Wildman–Crippen LogP) is 1.25. The third kappa shape index (κ3) is 3.71. The maximum Gasteiger partial charge on any atom is 0.249 e. The molecule has 1 amide bonds. The molecular weight excluding hydrogens is 415 g/mol. The number of alkyl halides is 1. The van der Waals surface area contributed by atoms with E-state index in [9.17, 15) is 4.79 Å². The Morgan fingerprint density at radius 3 is 2.78 bits per heavy atom. The first-order chi connectivity index (χ1) is 15.4. The molecule has 32 heavy (non-hydrogen) atoms. The van der Waals surface area contributed by atoms with Crippen molar-refractivity contribution in [3.05, 3.63) is 24.8 Å². The minimum atomic E-state index is -1.37. The lowest BCUT2D eigenvalue weighted by Crippen LogP contribution is -2.46. The van der Waals surface area contributed by atoms with Gasteiger partial charge in [-0.25, -0.2) is 14.4 Å². The largest absolute Gasteiger partial charge is 0.383 e. The molecule has 3 atom stereocenters. The van der Waals surface area contributed by atoms with Gasteiger partial charge in [0.25, 0.3) is 0 Å². The van der Waals surface area contributed by atoms with E-state index in [1.807, 2.05) is 19.3 Å². The van der Waals surface area contributed by atoms with E-state index in [2.05, 4.69) is 32.3 Å². The maximum atomic E-state index is 15.1. The lowest BCUT2D eigenvalue weighted by Gasteiger charge is -2.30. The first kappa shape index (κ1) is 20.8. The first-order valence-electron chi connectivity index (χ1n) is 10.8. The monoisotopic (exact) mass is 442 g/mol. The molecule has 0 radical (unpaired) electrons. The zero-order valence-corrected chi connectivity index (χ0v) is 18.1. The molecule has 170 valence electrons. The van der Waals surface area contributed by atoms with Gasteiger partial charge >= 0.3 is 0 Å². The van der Waals surface area contributed by atoms with Crippen LogP contribution in [0.3, 0.4) is 0 Å². The van der Waals surface area contributed by atoms with Crippen LogP contribution in [0.15, 0.2) is 24.8 Å². The van der Waals surface area contributed by atoms with Gasteiger partial charge in [0, 0.05) is 37.5 Å². The summed E-state index contributed by atoms with van der Waals surface area (Å²) in [5, 5.41) is 8.05. The number of amides is 1. The van der Waals surface area contributed by atoms with Gasteiger partial charge in [-0.05, 0) is 39.0 Å². The van der Waals surface area contributed by atoms with Crippen molar-refractivity contribution in [3.63, 3.8) is 0 Å². The topological polar surface area (TPSA) is 116 Å². The molecule has 3 aromatic heterocycles. The van der Waals surface area contributed by atoms with Gasteiger partial charge in [-0.3, -0.25) is 9.48 Å². The summed E-state index contributed by atoms with van der Waals surface area (Å²) in [7, 11) is 3.88. The van der Waals surface area contributed by atoms with Crippen molar-refractivity contribution in [2.75, 3.05) is 25.9 Å². The Labute approximate surface area is 184 Å². The zero-order chi connectivity index (χ0) is 22.4. The van der Waals surface area contributed by atoms with Gasteiger partial charge in [-0.1, -0.05) is 0 Å². The number of hydrogen-bond donors (Lipinski definition) is 2. The van der Waals surface area contributed by atoms with Crippen molar-refractivity contribution in [2.45, 2.75) is 43.8 Å². The summed E-state index contributed by atoms with van der Waals surface area (Å²) in [5.74, 6) is 0.0135. The van der Waals surface area contributed by atoms with Crippen LogP contribution in [0.5, 0.6) is 0 Å². The highest BCUT2D eigenvalue weighted by Gasteiger charge is 2.42. The molecule has 2 saturated heterocycles. The summed E-state index contributed by atoms with van der Waals surface area (Å²) in [4.78, 5) is 23.4. The van der Waals surface area contributed by atoms with Crippen molar-refractivity contribution in [1.82, 2.24) is 34.5 Å². The second-order valence-corrected chi connectivity index (χ2v) is 8.64. The number of nitrogens with two attached hydrogens (primary N) is 1. The number of carbonyl (C=O) groups excluding carboxylic acids is 1. The third-order valence-electron chi connectivity index (χ3n) is 6.31. The minimum Gasteiger partial charge on any atom is -0.383 e. The number of hydrogen-bond acceptors (Lipinski definition) is 7. The number of likely N-dealkylation sites (tertiary alicyclic amines) is 1. The van der Waals surface area contributed by atoms with Gasteiger partial charge in [0.05, 0.1) is 11.1 Å². The van der Waals surface area contributed by atoms with Crippen LogP contribution in [-0.2, 0) is 16.6 Å². The smallest absolute Gasteiger partial charge is 0.249 e. The van der Waals surface area contributed by atoms with E-state index in [-0.39, 0.29) is 24.2 Å². The van der Waals surface area contributed by atoms with Crippen molar-refractivity contribution in [3.8, 4) is 11.3 Å². The highest BCUT2D eigenvalue weighted by Crippen LogP contribution is 2.38. The number of nitrogen functional groups attached to an aromatic ring is 1. The Bertz CT molecular complexity index is 1140. The highest BCUT2D eigenvalue weighted by atomic mass is 19.1. The van der Waals surface area contributed by atoms with Crippen LogP contribution >= 0.6 is 0 Å². The first-order valence-corrected chi connectivity index (χ1v) is 10.8. The fraction of sp³-hybridized carbons (Fsp3) is 0.524. The van der Waals surface area contributed by atoms with Crippen LogP contribution in [0, 0.1) is 0 Å². The molecular formula is C21H27FN8O2. The highest BCUT2D eigenvalue weighted by molar-refractivity contribution is 5.99. The zero-order valence-electron chi connectivity index (χ0n) is 18.1. The standard InChI is InChI=1S/C21H27FN8O2/c1-28-6-3-12(4-7-28)26-20(31)16-9-14(22)21(32-16)30-10-13(15-5-8-29(2)27-15)17-18(23)24-11-25-19(17)30/h5,8,10-12,14,16,21H,3-4,6-7,9H2,1-2H3,(H,26,31)(H2,23,24,25). The number of carbonyl (C=O) groups is 1. The molecule has 11 heteroatoms. The van der Waals surface area contributed by atoms with Gasteiger partial charge in [0.1, 0.15) is 30.1 Å². The van der Waals surface area contributed by atoms with Gasteiger partial charge in [-0.15, -0.1) is 0 Å². The van der Waals surface area contributed by atoms with Gasteiger partial charge < -0.3 is 25.3 Å². The maximum absolute atomic E-state index is 15.1. The quantitative estimate of drug-likeness (QED) is 0.625. The average Bonchev–Trinajstić information content (AvgIpc) is 3.47. The molecule has 5 heterocycles. The van der Waals surface area contributed by atoms with E-state index in [1.165, 1.54) is 6.33 Å². The van der Waals surface area contributed by atoms with Crippen LogP contribution in [0.4, 0.5) is 10.2 Å². The molecule has 2 aliphatic rings. The summed E-state index contributed by atoms with van der Waals surface area (Å²) < 4.78 is 24.3. The van der Waals surface area contributed by atoms with E-state index >= 15 is 4.39 Å². The van der Waals surface area contributed by atoms with Crippen LogP contribution < -0.4 is 11.1 Å². The minimum absolute atomic E-state index is 0.0116. The fourth-order valence-electron chi connectivity index (χ4n) is 4.54. The molecule has 0 aliphatic carbocycles. The number of piperidine rings is 1. The van der Waals surface area contributed by atoms with Crippen LogP contribution in [0.2, 0.25) is 0 Å². The Kier molecular flexibility index (Phi) is 5.30. The molecule has 0 bridgehead atoms. The number of ether oxygens (including phenoxy) is 1. The van der Waals surface area contributed by atoms with Gasteiger partial charge in [-0.2, -0.15) is 5.10 Å². The SMILES string of the molecule is CN1CCC(NC(=O)C2CC(F)C(n3cc(-c4ccn(C)n4)c4c(N)ncnc43)O2)CC1. The molecule has 3 unspecified atom stereocenters. The number of halogens is 1. The Hall–Kier alpha value is -3.05. The summed E-state index contributed by atoms with van der Waals surface area (Å²) in [5.41, 5.74) is 7.94. The molecule has 10 nitrogen and oxygen atoms in total. The molecule has 3 N–H and O–H groups in total. The number of fused-ring (bicyclic) bond motifs is 1. The lowest BCUT2D eigenvalue weighted by atomic mass is 10.0. The lowest BCUT2D eigenvalue weighted by molar-refractivity contribution is -0.135. The van der Waals surface area contributed by atoms with Crippen LogP contribution in [0.1, 0.15) is 25.5 Å². The molecule has 3 aromatic rings. The van der Waals surface area contributed by atoms with Crippen LogP contribution in [0.25, 0.3) is 22.3 Å². The van der Waals surface area contributed by atoms with Crippen molar-refractivity contribution < 1.29 is 13.9 Å². The third-order valence-corrected chi connectivity index (χ3v) is 6.31. The predicted molar refractivity (Wildman–Crippen MR) is 116 cm³/mol. The van der Waals surface area contributed by atoms with E-state index < -0.39 is 18.5 Å². The summed E-state index contributed by atoms with van der Waals surface area (Å²) in [6.07, 6.45) is 3.41. The van der Waals surface area contributed by atoms with Crippen molar-refractivity contribution in [1.29, 1.82) is 0 Å². The molecule has 0 saturated carbocycles. The van der Waals surface area contributed by atoms with Gasteiger partial charge in [0.15, 0.2) is 6.23 Å². The number of rotatable bonds is 4. The van der Waals surface area contributed by atoms with E-state index in [1.54, 1.807) is 15.4 Å². The molecule has 0 spiro atoms. The summed E-state index contributed by atoms with van der Waals surface area (Å²) in [6.45, 7) is 1.86.